The molecular formula is C14H20N2O2. The number of anilines is 2. The highest BCUT2D eigenvalue weighted by molar-refractivity contribution is 5.91. The molecule has 0 spiro atoms. The first-order valence-corrected chi connectivity index (χ1v) is 6.43. The standard InChI is InChI=1S/C14H20N2O2/c1-18-11-14(17)15-12-5-7-13(8-6-12)16-9-3-2-4-10-16/h5-8H,2-4,9-11H2,1H3,(H,15,17). The quantitative estimate of drug-likeness (QED) is 0.888. The molecule has 1 N–H and O–H groups in total. The number of nitrogens with zero attached hydrogens (tertiary/aromatic N) is 1. The number of benzene rings is 1. The molecule has 1 amide bonds. The van der Waals surface area contributed by atoms with Crippen LogP contribution in [0.4, 0.5) is 11.4 Å². The van der Waals surface area contributed by atoms with Crippen molar-refractivity contribution in [3.05, 3.63) is 24.3 Å². The highest BCUT2D eigenvalue weighted by Gasteiger charge is 2.10. The Kier molecular flexibility index (Phi) is 4.59. The molecule has 1 saturated heterocycles. The van der Waals surface area contributed by atoms with Crippen molar-refractivity contribution in [1.82, 2.24) is 0 Å². The van der Waals surface area contributed by atoms with Crippen molar-refractivity contribution in [2.24, 2.45) is 0 Å². The predicted octanol–water partition coefficient (Wildman–Crippen LogP) is 2.26. The number of hydrogen-bond donors (Lipinski definition) is 1. The number of rotatable bonds is 4. The summed E-state index contributed by atoms with van der Waals surface area (Å²) < 4.78 is 4.77. The van der Waals surface area contributed by atoms with Gasteiger partial charge in [-0.2, -0.15) is 0 Å². The number of amides is 1. The molecule has 98 valence electrons. The van der Waals surface area contributed by atoms with Gasteiger partial charge in [-0.15, -0.1) is 0 Å². The van der Waals surface area contributed by atoms with Gasteiger partial charge < -0.3 is 15.0 Å². The van der Waals surface area contributed by atoms with E-state index in [4.69, 9.17) is 4.74 Å². The van der Waals surface area contributed by atoms with E-state index in [1.54, 1.807) is 0 Å². The van der Waals surface area contributed by atoms with E-state index in [9.17, 15) is 4.79 Å². The number of carbonyl (C=O) groups excluding carboxylic acids is 1. The molecule has 1 aliphatic heterocycles. The minimum Gasteiger partial charge on any atom is -0.375 e. The van der Waals surface area contributed by atoms with Crippen LogP contribution in [0.15, 0.2) is 24.3 Å². The zero-order valence-electron chi connectivity index (χ0n) is 10.8. The summed E-state index contributed by atoms with van der Waals surface area (Å²) in [5, 5.41) is 2.79. The minimum absolute atomic E-state index is 0.0911. The lowest BCUT2D eigenvalue weighted by Crippen LogP contribution is -2.29. The van der Waals surface area contributed by atoms with Crippen molar-refractivity contribution in [3.8, 4) is 0 Å². The third kappa shape index (κ3) is 3.47. The summed E-state index contributed by atoms with van der Waals surface area (Å²) >= 11 is 0. The molecule has 1 aliphatic rings. The first-order chi connectivity index (χ1) is 8.79. The van der Waals surface area contributed by atoms with Crippen LogP contribution in [0.25, 0.3) is 0 Å². The average molecular weight is 248 g/mol. The van der Waals surface area contributed by atoms with Gasteiger partial charge in [-0.05, 0) is 43.5 Å². The van der Waals surface area contributed by atoms with Gasteiger partial charge in [0.05, 0.1) is 0 Å². The van der Waals surface area contributed by atoms with Crippen LogP contribution >= 0.6 is 0 Å². The molecular weight excluding hydrogens is 228 g/mol. The van der Waals surface area contributed by atoms with E-state index >= 15 is 0 Å². The summed E-state index contributed by atoms with van der Waals surface area (Å²) in [4.78, 5) is 13.7. The Morgan fingerprint density at radius 3 is 2.50 bits per heavy atom. The molecule has 1 heterocycles. The molecule has 4 nitrogen and oxygen atoms in total. The molecule has 18 heavy (non-hydrogen) atoms. The highest BCUT2D eigenvalue weighted by atomic mass is 16.5. The fraction of sp³-hybridized carbons (Fsp3) is 0.500. The number of ether oxygens (including phenoxy) is 1. The lowest BCUT2D eigenvalue weighted by molar-refractivity contribution is -0.119. The molecule has 0 bridgehead atoms. The van der Waals surface area contributed by atoms with E-state index in [2.05, 4.69) is 22.3 Å². The van der Waals surface area contributed by atoms with Crippen LogP contribution < -0.4 is 10.2 Å². The second-order valence-corrected chi connectivity index (χ2v) is 4.58. The minimum atomic E-state index is -0.122. The van der Waals surface area contributed by atoms with E-state index in [1.807, 2.05) is 12.1 Å². The molecule has 0 radical (unpaired) electrons. The fourth-order valence-electron chi connectivity index (χ4n) is 2.24. The Balaban J connectivity index is 1.94. The maximum Gasteiger partial charge on any atom is 0.250 e. The maximum atomic E-state index is 11.4. The second-order valence-electron chi connectivity index (χ2n) is 4.58. The largest absolute Gasteiger partial charge is 0.375 e. The second kappa shape index (κ2) is 6.40. The molecule has 0 aliphatic carbocycles. The smallest absolute Gasteiger partial charge is 0.250 e. The van der Waals surface area contributed by atoms with E-state index in [1.165, 1.54) is 32.1 Å². The van der Waals surface area contributed by atoms with Crippen LogP contribution in [0, 0.1) is 0 Å². The van der Waals surface area contributed by atoms with Crippen LogP contribution in [0.5, 0.6) is 0 Å². The third-order valence-electron chi connectivity index (χ3n) is 3.15. The van der Waals surface area contributed by atoms with E-state index < -0.39 is 0 Å². The summed E-state index contributed by atoms with van der Waals surface area (Å²) in [6, 6.07) is 8.01. The van der Waals surface area contributed by atoms with Gasteiger partial charge in [0.1, 0.15) is 6.61 Å². The van der Waals surface area contributed by atoms with Gasteiger partial charge in [0.2, 0.25) is 5.91 Å². The summed E-state index contributed by atoms with van der Waals surface area (Å²) in [6.45, 7) is 2.36. The first kappa shape index (κ1) is 12.9. The monoisotopic (exact) mass is 248 g/mol. The lowest BCUT2D eigenvalue weighted by atomic mass is 10.1. The van der Waals surface area contributed by atoms with Gasteiger partial charge in [-0.25, -0.2) is 0 Å². The third-order valence-corrected chi connectivity index (χ3v) is 3.15. The normalized spacial score (nSPS) is 15.5. The molecule has 1 aromatic rings. The summed E-state index contributed by atoms with van der Waals surface area (Å²) in [6.07, 6.45) is 3.88. The number of piperidine rings is 1. The molecule has 0 atom stereocenters. The van der Waals surface area contributed by atoms with Crippen molar-refractivity contribution in [2.75, 3.05) is 37.0 Å². The maximum absolute atomic E-state index is 11.4. The van der Waals surface area contributed by atoms with Crippen molar-refractivity contribution in [2.45, 2.75) is 19.3 Å². The van der Waals surface area contributed by atoms with Crippen molar-refractivity contribution in [3.63, 3.8) is 0 Å². The Morgan fingerprint density at radius 1 is 1.22 bits per heavy atom. The summed E-state index contributed by atoms with van der Waals surface area (Å²) in [5.74, 6) is -0.122. The van der Waals surface area contributed by atoms with Crippen molar-refractivity contribution < 1.29 is 9.53 Å². The van der Waals surface area contributed by atoms with Crippen LogP contribution in [0.2, 0.25) is 0 Å². The van der Waals surface area contributed by atoms with Crippen LogP contribution in [0.1, 0.15) is 19.3 Å². The molecule has 1 fully saturated rings. The summed E-state index contributed by atoms with van der Waals surface area (Å²) in [7, 11) is 1.51. The topological polar surface area (TPSA) is 41.6 Å². The molecule has 0 unspecified atom stereocenters. The molecule has 2 rings (SSSR count). The Bertz CT molecular complexity index is 383. The molecule has 0 saturated carbocycles. The Morgan fingerprint density at radius 2 is 1.89 bits per heavy atom. The van der Waals surface area contributed by atoms with Gasteiger partial charge in [-0.1, -0.05) is 0 Å². The van der Waals surface area contributed by atoms with Gasteiger partial charge in [0.25, 0.3) is 0 Å². The Labute approximate surface area is 108 Å². The average Bonchev–Trinajstić information content (AvgIpc) is 2.41. The zero-order chi connectivity index (χ0) is 12.8. The van der Waals surface area contributed by atoms with Crippen LogP contribution in [-0.2, 0) is 9.53 Å². The number of nitrogens with one attached hydrogen (secondary N) is 1. The fourth-order valence-corrected chi connectivity index (χ4v) is 2.24. The predicted molar refractivity (Wildman–Crippen MR) is 73.0 cm³/mol. The first-order valence-electron chi connectivity index (χ1n) is 6.43. The van der Waals surface area contributed by atoms with Gasteiger partial charge >= 0.3 is 0 Å². The Hall–Kier alpha value is -1.55. The van der Waals surface area contributed by atoms with E-state index in [0.29, 0.717) is 0 Å². The van der Waals surface area contributed by atoms with Crippen LogP contribution in [0.3, 0.4) is 0 Å². The van der Waals surface area contributed by atoms with Gasteiger partial charge in [-0.3, -0.25) is 4.79 Å². The lowest BCUT2D eigenvalue weighted by Gasteiger charge is -2.28. The van der Waals surface area contributed by atoms with E-state index in [-0.39, 0.29) is 12.5 Å². The van der Waals surface area contributed by atoms with Crippen LogP contribution in [-0.4, -0.2) is 32.7 Å². The number of hydrogen-bond acceptors (Lipinski definition) is 3. The van der Waals surface area contributed by atoms with E-state index in [0.717, 1.165) is 18.8 Å². The zero-order valence-corrected chi connectivity index (χ0v) is 10.8. The number of carbonyl (C=O) groups is 1. The van der Waals surface area contributed by atoms with Crippen molar-refractivity contribution in [1.29, 1.82) is 0 Å². The van der Waals surface area contributed by atoms with Crippen molar-refractivity contribution >= 4 is 17.3 Å². The summed E-state index contributed by atoms with van der Waals surface area (Å²) in [5.41, 5.74) is 2.05. The van der Waals surface area contributed by atoms with Gasteiger partial charge in [0, 0.05) is 31.6 Å². The molecule has 0 aromatic heterocycles. The van der Waals surface area contributed by atoms with Gasteiger partial charge in [0.15, 0.2) is 0 Å². The molecule has 4 heteroatoms. The number of methoxy groups -OCH3 is 1. The SMILES string of the molecule is COCC(=O)Nc1ccc(N2CCCCC2)cc1. The highest BCUT2D eigenvalue weighted by Crippen LogP contribution is 2.21. The molecule has 1 aromatic carbocycles.